The summed E-state index contributed by atoms with van der Waals surface area (Å²) < 4.78 is 0. The van der Waals surface area contributed by atoms with E-state index in [1.165, 1.54) is 5.56 Å². The van der Waals surface area contributed by atoms with Crippen LogP contribution >= 0.6 is 11.6 Å². The Morgan fingerprint density at radius 2 is 1.85 bits per heavy atom. The average molecular weight is 296 g/mol. The summed E-state index contributed by atoms with van der Waals surface area (Å²) in [7, 11) is 2.13. The van der Waals surface area contributed by atoms with E-state index in [4.69, 9.17) is 22.7 Å². The summed E-state index contributed by atoms with van der Waals surface area (Å²) in [4.78, 5) is 2.31. The van der Waals surface area contributed by atoms with Crippen LogP contribution in [0.25, 0.3) is 0 Å². The number of amidine groups is 1. The van der Waals surface area contributed by atoms with Crippen molar-refractivity contribution in [3.63, 3.8) is 0 Å². The van der Waals surface area contributed by atoms with Crippen LogP contribution in [0.3, 0.4) is 0 Å². The minimum Gasteiger partial charge on any atom is -0.387 e. The molecule has 0 atom stereocenters. The van der Waals surface area contributed by atoms with Gasteiger partial charge >= 0.3 is 0 Å². The maximum absolute atomic E-state index is 7.54. The fourth-order valence-electron chi connectivity index (χ4n) is 2.06. The number of nitrogens with zero attached hydrogens (tertiary/aromatic N) is 1. The molecule has 0 saturated heterocycles. The van der Waals surface area contributed by atoms with E-state index in [1.54, 1.807) is 0 Å². The summed E-state index contributed by atoms with van der Waals surface area (Å²) in [6.45, 7) is 6.06. The molecule has 1 aromatic rings. The Balaban J connectivity index is 2.25. The van der Waals surface area contributed by atoms with E-state index in [0.29, 0.717) is 0 Å². The first-order valence-corrected chi connectivity index (χ1v) is 7.46. The first-order valence-electron chi connectivity index (χ1n) is 7.09. The van der Waals surface area contributed by atoms with Gasteiger partial charge in [0, 0.05) is 17.0 Å². The summed E-state index contributed by atoms with van der Waals surface area (Å²) in [5.41, 5.74) is 6.70. The van der Waals surface area contributed by atoms with Gasteiger partial charge in [0.2, 0.25) is 0 Å². The lowest BCUT2D eigenvalue weighted by Crippen LogP contribution is -2.31. The van der Waals surface area contributed by atoms with Gasteiger partial charge in [-0.15, -0.1) is 0 Å². The van der Waals surface area contributed by atoms with Crippen LogP contribution in [-0.4, -0.2) is 24.3 Å². The second kappa shape index (κ2) is 7.65. The van der Waals surface area contributed by atoms with Crippen molar-refractivity contribution >= 4 is 17.4 Å². The highest BCUT2D eigenvalue weighted by atomic mass is 35.5. The summed E-state index contributed by atoms with van der Waals surface area (Å²) >= 11 is 5.88. The molecule has 0 heterocycles. The predicted octanol–water partition coefficient (Wildman–Crippen LogP) is 3.90. The van der Waals surface area contributed by atoms with Crippen LogP contribution in [-0.2, 0) is 6.54 Å². The van der Waals surface area contributed by atoms with Crippen molar-refractivity contribution in [2.24, 2.45) is 11.1 Å². The van der Waals surface area contributed by atoms with Gasteiger partial charge < -0.3 is 10.6 Å². The fourth-order valence-corrected chi connectivity index (χ4v) is 2.19. The molecule has 1 rings (SSSR count). The molecular weight excluding hydrogens is 270 g/mol. The van der Waals surface area contributed by atoms with E-state index in [-0.39, 0.29) is 11.3 Å². The van der Waals surface area contributed by atoms with Gasteiger partial charge in [-0.1, -0.05) is 44.0 Å². The van der Waals surface area contributed by atoms with E-state index in [2.05, 4.69) is 24.1 Å². The molecule has 0 aliphatic carbocycles. The normalized spacial score (nSPS) is 11.8. The van der Waals surface area contributed by atoms with Crippen LogP contribution in [0, 0.1) is 10.8 Å². The Labute approximate surface area is 127 Å². The molecule has 0 spiro atoms. The first kappa shape index (κ1) is 17.0. The molecule has 4 heteroatoms. The molecule has 0 radical (unpaired) electrons. The number of nitrogens with two attached hydrogens (primary N) is 1. The lowest BCUT2D eigenvalue weighted by molar-refractivity contribution is 0.309. The topological polar surface area (TPSA) is 53.1 Å². The molecule has 0 aliphatic heterocycles. The number of hydrogen-bond acceptors (Lipinski definition) is 2. The van der Waals surface area contributed by atoms with E-state index >= 15 is 0 Å². The smallest absolute Gasteiger partial charge is 0.0963 e. The third-order valence-corrected chi connectivity index (χ3v) is 3.94. The zero-order valence-electron chi connectivity index (χ0n) is 12.7. The maximum atomic E-state index is 7.54. The molecule has 112 valence electrons. The standard InChI is InChI=1S/C16H26ClN3/c1-16(2,15(18)19)10-4-5-11-20(3)12-13-6-8-14(17)9-7-13/h6-9H,4-5,10-12H2,1-3H3,(H3,18,19). The number of benzene rings is 1. The van der Waals surface area contributed by atoms with Gasteiger partial charge in [-0.05, 0) is 44.1 Å². The molecular formula is C16H26ClN3. The van der Waals surface area contributed by atoms with E-state index < -0.39 is 0 Å². The number of rotatable bonds is 8. The quantitative estimate of drug-likeness (QED) is 0.434. The van der Waals surface area contributed by atoms with E-state index in [1.807, 2.05) is 26.0 Å². The van der Waals surface area contributed by atoms with Crippen LogP contribution < -0.4 is 5.73 Å². The van der Waals surface area contributed by atoms with E-state index in [0.717, 1.165) is 37.4 Å². The SMILES string of the molecule is CN(CCCCC(C)(C)C(=N)N)Cc1ccc(Cl)cc1. The Morgan fingerprint density at radius 3 is 2.40 bits per heavy atom. The molecule has 0 aromatic heterocycles. The van der Waals surface area contributed by atoms with Crippen molar-refractivity contribution in [1.29, 1.82) is 5.41 Å². The fraction of sp³-hybridized carbons (Fsp3) is 0.562. The second-order valence-electron chi connectivity index (χ2n) is 6.12. The number of unbranched alkanes of at least 4 members (excludes halogenated alkanes) is 1. The summed E-state index contributed by atoms with van der Waals surface area (Å²) in [6.07, 6.45) is 3.19. The highest BCUT2D eigenvalue weighted by molar-refractivity contribution is 6.30. The van der Waals surface area contributed by atoms with Gasteiger partial charge in [0.25, 0.3) is 0 Å². The average Bonchev–Trinajstić information content (AvgIpc) is 2.37. The molecule has 0 amide bonds. The van der Waals surface area contributed by atoms with Gasteiger partial charge in [-0.2, -0.15) is 0 Å². The summed E-state index contributed by atoms with van der Waals surface area (Å²) in [6, 6.07) is 8.00. The Hall–Kier alpha value is -1.06. The third kappa shape index (κ3) is 5.93. The lowest BCUT2D eigenvalue weighted by Gasteiger charge is -2.23. The molecule has 3 nitrogen and oxygen atoms in total. The van der Waals surface area contributed by atoms with Crippen molar-refractivity contribution in [3.05, 3.63) is 34.9 Å². The largest absolute Gasteiger partial charge is 0.387 e. The minimum absolute atomic E-state index is 0.172. The Bertz CT molecular complexity index is 426. The zero-order valence-corrected chi connectivity index (χ0v) is 13.5. The van der Waals surface area contributed by atoms with Crippen molar-refractivity contribution in [2.45, 2.75) is 39.7 Å². The Kier molecular flexibility index (Phi) is 6.50. The molecule has 0 unspecified atom stereocenters. The van der Waals surface area contributed by atoms with Gasteiger partial charge in [-0.25, -0.2) is 0 Å². The molecule has 0 bridgehead atoms. The molecule has 1 aromatic carbocycles. The molecule has 0 fully saturated rings. The molecule has 3 N–H and O–H groups in total. The lowest BCUT2D eigenvalue weighted by atomic mass is 9.86. The second-order valence-corrected chi connectivity index (χ2v) is 6.56. The maximum Gasteiger partial charge on any atom is 0.0963 e. The minimum atomic E-state index is -0.172. The molecule has 0 aliphatic rings. The van der Waals surface area contributed by atoms with E-state index in [9.17, 15) is 0 Å². The molecule has 20 heavy (non-hydrogen) atoms. The first-order chi connectivity index (χ1) is 9.31. The monoisotopic (exact) mass is 295 g/mol. The van der Waals surface area contributed by atoms with Crippen molar-refractivity contribution in [2.75, 3.05) is 13.6 Å². The number of halogens is 1. The van der Waals surface area contributed by atoms with Crippen LogP contribution in [0.4, 0.5) is 0 Å². The highest BCUT2D eigenvalue weighted by Gasteiger charge is 2.20. The van der Waals surface area contributed by atoms with Crippen LogP contribution in [0.5, 0.6) is 0 Å². The van der Waals surface area contributed by atoms with Crippen LogP contribution in [0.1, 0.15) is 38.7 Å². The van der Waals surface area contributed by atoms with Crippen LogP contribution in [0.15, 0.2) is 24.3 Å². The summed E-state index contributed by atoms with van der Waals surface area (Å²) in [5, 5.41) is 8.32. The van der Waals surface area contributed by atoms with Gasteiger partial charge in [0.15, 0.2) is 0 Å². The third-order valence-electron chi connectivity index (χ3n) is 3.69. The summed E-state index contributed by atoms with van der Waals surface area (Å²) in [5.74, 6) is 0.284. The van der Waals surface area contributed by atoms with Gasteiger partial charge in [-0.3, -0.25) is 5.41 Å². The van der Waals surface area contributed by atoms with Gasteiger partial charge in [0.05, 0.1) is 5.84 Å². The molecule has 0 saturated carbocycles. The van der Waals surface area contributed by atoms with Crippen molar-refractivity contribution in [3.8, 4) is 0 Å². The van der Waals surface area contributed by atoms with Gasteiger partial charge in [0.1, 0.15) is 0 Å². The van der Waals surface area contributed by atoms with Crippen molar-refractivity contribution in [1.82, 2.24) is 4.90 Å². The predicted molar refractivity (Wildman–Crippen MR) is 87.3 cm³/mol. The number of nitrogens with one attached hydrogen (secondary N) is 1. The zero-order chi connectivity index (χ0) is 15.2. The Morgan fingerprint density at radius 1 is 1.25 bits per heavy atom. The van der Waals surface area contributed by atoms with Crippen LogP contribution in [0.2, 0.25) is 5.02 Å². The highest BCUT2D eigenvalue weighted by Crippen LogP contribution is 2.22. The number of hydrogen-bond donors (Lipinski definition) is 2. The van der Waals surface area contributed by atoms with Crippen molar-refractivity contribution < 1.29 is 0 Å².